The molecule has 0 bridgehead atoms. The highest BCUT2D eigenvalue weighted by atomic mass is 16.3. The van der Waals surface area contributed by atoms with Crippen LogP contribution in [0.25, 0.3) is 0 Å². The molecule has 0 radical (unpaired) electrons. The smallest absolute Gasteiger partial charge is 0.224 e. The normalized spacial score (nSPS) is 23.8. The Balaban J connectivity index is 1.95. The molecule has 0 aliphatic heterocycles. The van der Waals surface area contributed by atoms with E-state index in [1.165, 1.54) is 6.92 Å². The van der Waals surface area contributed by atoms with E-state index < -0.39 is 24.5 Å². The van der Waals surface area contributed by atoms with Gasteiger partial charge in [0.05, 0.1) is 6.10 Å². The van der Waals surface area contributed by atoms with Crippen molar-refractivity contribution in [1.29, 1.82) is 0 Å². The lowest BCUT2D eigenvalue weighted by molar-refractivity contribution is -0.132. The molecule has 1 fully saturated rings. The predicted octanol–water partition coefficient (Wildman–Crippen LogP) is 0.217. The van der Waals surface area contributed by atoms with Crippen LogP contribution < -0.4 is 5.32 Å². The Morgan fingerprint density at radius 2 is 2.00 bits per heavy atom. The second-order valence-electron chi connectivity index (χ2n) is 5.21. The van der Waals surface area contributed by atoms with Crippen molar-refractivity contribution >= 4 is 11.7 Å². The maximum Gasteiger partial charge on any atom is 0.224 e. The highest BCUT2D eigenvalue weighted by Gasteiger charge is 2.45. The highest BCUT2D eigenvalue weighted by Crippen LogP contribution is 2.47. The van der Waals surface area contributed by atoms with E-state index in [9.17, 15) is 14.7 Å². The van der Waals surface area contributed by atoms with E-state index in [2.05, 4.69) is 5.32 Å². The van der Waals surface area contributed by atoms with Gasteiger partial charge in [-0.15, -0.1) is 0 Å². The summed E-state index contributed by atoms with van der Waals surface area (Å²) >= 11 is 0. The zero-order chi connectivity index (χ0) is 14.7. The molecular weight excluding hydrogens is 258 g/mol. The third-order valence-electron chi connectivity index (χ3n) is 3.64. The van der Waals surface area contributed by atoms with Crippen LogP contribution in [0.4, 0.5) is 0 Å². The van der Waals surface area contributed by atoms with Gasteiger partial charge in [0.2, 0.25) is 5.91 Å². The minimum atomic E-state index is -1.04. The van der Waals surface area contributed by atoms with Crippen molar-refractivity contribution < 1.29 is 19.8 Å². The van der Waals surface area contributed by atoms with E-state index >= 15 is 0 Å². The molecule has 0 heterocycles. The standard InChI is InChI=1S/C15H19NO4/c1-9(18)14(13(19)8-17)16-15(20)12-7-11(12)10-5-3-2-4-6-10/h2-6,9,11-12,14,17-18H,7-8H2,1H3,(H,16,20)/t9-,11+,12-,14+/m1/s1. The van der Waals surface area contributed by atoms with Crippen LogP contribution in [0, 0.1) is 5.92 Å². The second kappa shape index (κ2) is 6.15. The number of hydrogen-bond acceptors (Lipinski definition) is 4. The lowest BCUT2D eigenvalue weighted by Crippen LogP contribution is -2.49. The van der Waals surface area contributed by atoms with Crippen LogP contribution in [0.3, 0.4) is 0 Å². The first-order valence-electron chi connectivity index (χ1n) is 6.71. The number of rotatable bonds is 6. The van der Waals surface area contributed by atoms with Crippen LogP contribution in [0.1, 0.15) is 24.8 Å². The molecule has 5 nitrogen and oxygen atoms in total. The molecule has 1 aliphatic rings. The Hall–Kier alpha value is -1.72. The fourth-order valence-electron chi connectivity index (χ4n) is 2.38. The van der Waals surface area contributed by atoms with Crippen molar-refractivity contribution in [3.8, 4) is 0 Å². The molecule has 0 spiro atoms. The molecule has 1 saturated carbocycles. The molecule has 1 amide bonds. The van der Waals surface area contributed by atoms with Crippen LogP contribution in [0.5, 0.6) is 0 Å². The van der Waals surface area contributed by atoms with Crippen LogP contribution >= 0.6 is 0 Å². The third-order valence-corrected chi connectivity index (χ3v) is 3.64. The summed E-state index contributed by atoms with van der Waals surface area (Å²) in [7, 11) is 0. The van der Waals surface area contributed by atoms with Crippen LogP contribution in [-0.4, -0.2) is 40.7 Å². The van der Waals surface area contributed by atoms with E-state index in [4.69, 9.17) is 5.11 Å². The van der Waals surface area contributed by atoms with Crippen molar-refractivity contribution in [2.75, 3.05) is 6.61 Å². The first-order chi connectivity index (χ1) is 9.54. The zero-order valence-electron chi connectivity index (χ0n) is 11.3. The van der Waals surface area contributed by atoms with Crippen molar-refractivity contribution in [3.63, 3.8) is 0 Å². The Morgan fingerprint density at radius 3 is 2.55 bits per heavy atom. The summed E-state index contributed by atoms with van der Waals surface area (Å²) in [5.41, 5.74) is 1.11. The number of aliphatic hydroxyl groups is 2. The summed E-state index contributed by atoms with van der Waals surface area (Å²) in [5.74, 6) is -0.808. The Morgan fingerprint density at radius 1 is 1.35 bits per heavy atom. The summed E-state index contributed by atoms with van der Waals surface area (Å²) in [4.78, 5) is 23.5. The molecule has 0 saturated heterocycles. The molecule has 4 atom stereocenters. The summed E-state index contributed by atoms with van der Waals surface area (Å²) in [6.07, 6.45) is -0.275. The Kier molecular flexibility index (Phi) is 4.52. The third kappa shape index (κ3) is 3.23. The van der Waals surface area contributed by atoms with Gasteiger partial charge >= 0.3 is 0 Å². The maximum atomic E-state index is 12.1. The molecule has 0 unspecified atom stereocenters. The zero-order valence-corrected chi connectivity index (χ0v) is 11.3. The fourth-order valence-corrected chi connectivity index (χ4v) is 2.38. The van der Waals surface area contributed by atoms with Gasteiger partial charge < -0.3 is 15.5 Å². The average molecular weight is 277 g/mol. The number of carbonyl (C=O) groups excluding carboxylic acids is 2. The van der Waals surface area contributed by atoms with Gasteiger partial charge in [-0.05, 0) is 24.8 Å². The van der Waals surface area contributed by atoms with Gasteiger partial charge in [-0.2, -0.15) is 0 Å². The average Bonchev–Trinajstić information content (AvgIpc) is 3.25. The number of benzene rings is 1. The predicted molar refractivity (Wildman–Crippen MR) is 73.0 cm³/mol. The number of nitrogens with one attached hydrogen (secondary N) is 1. The topological polar surface area (TPSA) is 86.6 Å². The van der Waals surface area contributed by atoms with Gasteiger partial charge in [0.1, 0.15) is 12.6 Å². The number of carbonyl (C=O) groups is 2. The summed E-state index contributed by atoms with van der Waals surface area (Å²) in [5, 5.41) is 20.9. The fraction of sp³-hybridized carbons (Fsp3) is 0.467. The van der Waals surface area contributed by atoms with Gasteiger partial charge in [0.25, 0.3) is 0 Å². The Bertz CT molecular complexity index is 486. The quantitative estimate of drug-likeness (QED) is 0.694. The largest absolute Gasteiger partial charge is 0.391 e. The number of amides is 1. The minimum absolute atomic E-state index is 0.162. The first-order valence-corrected chi connectivity index (χ1v) is 6.71. The molecule has 2 rings (SSSR count). The van der Waals surface area contributed by atoms with E-state index in [-0.39, 0.29) is 17.7 Å². The van der Waals surface area contributed by atoms with E-state index in [0.717, 1.165) is 12.0 Å². The van der Waals surface area contributed by atoms with E-state index in [0.29, 0.717) is 0 Å². The number of ketones is 1. The molecule has 108 valence electrons. The molecule has 1 aromatic carbocycles. The highest BCUT2D eigenvalue weighted by molar-refractivity contribution is 5.92. The number of Topliss-reactive ketones (excluding diaryl/α,β-unsaturated/α-hetero) is 1. The van der Waals surface area contributed by atoms with Crippen molar-refractivity contribution in [2.24, 2.45) is 5.92 Å². The SMILES string of the molecule is C[C@@H](O)[C@H](NC(=O)[C@@H]1C[C@H]1c1ccccc1)C(=O)CO. The second-order valence-corrected chi connectivity index (χ2v) is 5.21. The van der Waals surface area contributed by atoms with Gasteiger partial charge in [-0.3, -0.25) is 9.59 Å². The minimum Gasteiger partial charge on any atom is -0.391 e. The Labute approximate surface area is 117 Å². The molecule has 0 aromatic heterocycles. The first kappa shape index (κ1) is 14.7. The van der Waals surface area contributed by atoms with Gasteiger partial charge in [-0.25, -0.2) is 0 Å². The number of aliphatic hydroxyl groups excluding tert-OH is 2. The molecule has 3 N–H and O–H groups in total. The summed E-state index contributed by atoms with van der Waals surface area (Å²) in [6.45, 7) is 0.725. The van der Waals surface area contributed by atoms with E-state index in [1.54, 1.807) is 0 Å². The van der Waals surface area contributed by atoms with Crippen molar-refractivity contribution in [3.05, 3.63) is 35.9 Å². The van der Waals surface area contributed by atoms with Gasteiger partial charge in [-0.1, -0.05) is 30.3 Å². The lowest BCUT2D eigenvalue weighted by atomic mass is 10.1. The van der Waals surface area contributed by atoms with Gasteiger partial charge in [0, 0.05) is 5.92 Å². The summed E-state index contributed by atoms with van der Waals surface area (Å²) < 4.78 is 0. The van der Waals surface area contributed by atoms with Crippen LogP contribution in [0.15, 0.2) is 30.3 Å². The van der Waals surface area contributed by atoms with Crippen molar-refractivity contribution in [1.82, 2.24) is 5.32 Å². The van der Waals surface area contributed by atoms with Crippen molar-refractivity contribution in [2.45, 2.75) is 31.4 Å². The molecule has 1 aliphatic carbocycles. The summed E-state index contributed by atoms with van der Waals surface area (Å²) in [6, 6.07) is 8.69. The van der Waals surface area contributed by atoms with Crippen LogP contribution in [-0.2, 0) is 9.59 Å². The molecule has 1 aromatic rings. The maximum absolute atomic E-state index is 12.1. The molecule has 5 heteroatoms. The number of hydrogen-bond donors (Lipinski definition) is 3. The molecular formula is C15H19NO4. The monoisotopic (exact) mass is 277 g/mol. The van der Waals surface area contributed by atoms with E-state index in [1.807, 2.05) is 30.3 Å². The molecule has 20 heavy (non-hydrogen) atoms. The lowest BCUT2D eigenvalue weighted by Gasteiger charge is -2.19. The van der Waals surface area contributed by atoms with Gasteiger partial charge in [0.15, 0.2) is 5.78 Å². The van der Waals surface area contributed by atoms with Crippen LogP contribution in [0.2, 0.25) is 0 Å².